The van der Waals surface area contributed by atoms with Crippen molar-refractivity contribution in [2.24, 2.45) is 4.99 Å². The molecule has 0 unspecified atom stereocenters. The fraction of sp³-hybridized carbons (Fsp3) is 0.350. The molecule has 0 aliphatic rings. The Bertz CT molecular complexity index is 767. The second-order valence-corrected chi connectivity index (χ2v) is 5.76. The normalized spacial score (nSPS) is 11.4. The van der Waals surface area contributed by atoms with Crippen molar-refractivity contribution in [3.8, 4) is 11.5 Å². The molecular weight excluding hydrogens is 352 g/mol. The van der Waals surface area contributed by atoms with E-state index in [0.29, 0.717) is 30.4 Å². The standard InChI is InChI=1S/C20H25F2N3O2/c1-4-26-17-11-7-10-16(18(17)27-19(21)22)13-25-20(23-3)24-12-15-9-6-5-8-14(15)2/h5-11,19H,4,12-13H2,1-3H3,(H2,23,24,25). The minimum atomic E-state index is -2.93. The van der Waals surface area contributed by atoms with Crippen LogP contribution < -0.4 is 20.1 Å². The van der Waals surface area contributed by atoms with Gasteiger partial charge in [0.15, 0.2) is 17.5 Å². The third kappa shape index (κ3) is 6.13. The van der Waals surface area contributed by atoms with Gasteiger partial charge in [0.2, 0.25) is 0 Å². The lowest BCUT2D eigenvalue weighted by atomic mass is 10.1. The maximum Gasteiger partial charge on any atom is 0.387 e. The van der Waals surface area contributed by atoms with Gasteiger partial charge < -0.3 is 20.1 Å². The molecule has 0 radical (unpaired) electrons. The van der Waals surface area contributed by atoms with Crippen LogP contribution in [-0.2, 0) is 13.1 Å². The van der Waals surface area contributed by atoms with Gasteiger partial charge in [0.25, 0.3) is 0 Å². The summed E-state index contributed by atoms with van der Waals surface area (Å²) in [7, 11) is 1.65. The number of aliphatic imine (C=N–C) groups is 1. The van der Waals surface area contributed by atoms with E-state index in [9.17, 15) is 8.78 Å². The average Bonchev–Trinajstić information content (AvgIpc) is 2.65. The van der Waals surface area contributed by atoms with E-state index in [1.54, 1.807) is 32.2 Å². The molecule has 0 fully saturated rings. The Morgan fingerprint density at radius 1 is 1.04 bits per heavy atom. The molecule has 0 saturated carbocycles. The fourth-order valence-corrected chi connectivity index (χ4v) is 2.58. The van der Waals surface area contributed by atoms with E-state index in [4.69, 9.17) is 4.74 Å². The summed E-state index contributed by atoms with van der Waals surface area (Å²) in [5.41, 5.74) is 2.89. The molecule has 2 rings (SSSR count). The third-order valence-electron chi connectivity index (χ3n) is 3.94. The van der Waals surface area contributed by atoms with E-state index in [1.807, 2.05) is 31.2 Å². The molecule has 0 amide bonds. The monoisotopic (exact) mass is 377 g/mol. The molecule has 2 N–H and O–H groups in total. The second kappa shape index (κ2) is 10.4. The topological polar surface area (TPSA) is 54.9 Å². The number of guanidine groups is 1. The molecule has 0 aliphatic heterocycles. The van der Waals surface area contributed by atoms with Crippen molar-refractivity contribution in [3.05, 3.63) is 59.2 Å². The van der Waals surface area contributed by atoms with Crippen LogP contribution in [0.25, 0.3) is 0 Å². The number of rotatable bonds is 8. The molecule has 0 aliphatic carbocycles. The van der Waals surface area contributed by atoms with Gasteiger partial charge in [-0.3, -0.25) is 4.99 Å². The SMILES string of the molecule is CCOc1cccc(CNC(=NC)NCc2ccccc2C)c1OC(F)F. The largest absolute Gasteiger partial charge is 0.490 e. The van der Waals surface area contributed by atoms with Crippen LogP contribution in [0.2, 0.25) is 0 Å². The lowest BCUT2D eigenvalue weighted by Crippen LogP contribution is -2.36. The number of hydrogen-bond donors (Lipinski definition) is 2. The van der Waals surface area contributed by atoms with E-state index in [0.717, 1.165) is 5.56 Å². The molecule has 5 nitrogen and oxygen atoms in total. The maximum absolute atomic E-state index is 12.8. The number of hydrogen-bond acceptors (Lipinski definition) is 3. The smallest absolute Gasteiger partial charge is 0.387 e. The quantitative estimate of drug-likeness (QED) is 0.542. The van der Waals surface area contributed by atoms with Crippen molar-refractivity contribution in [1.82, 2.24) is 10.6 Å². The molecule has 7 heteroatoms. The van der Waals surface area contributed by atoms with Crippen LogP contribution in [0.15, 0.2) is 47.5 Å². The Morgan fingerprint density at radius 3 is 2.33 bits per heavy atom. The number of alkyl halides is 2. The lowest BCUT2D eigenvalue weighted by molar-refractivity contribution is -0.0520. The maximum atomic E-state index is 12.8. The van der Waals surface area contributed by atoms with E-state index >= 15 is 0 Å². The Balaban J connectivity index is 2.05. The number of para-hydroxylation sites is 1. The van der Waals surface area contributed by atoms with E-state index in [1.165, 1.54) is 5.56 Å². The fourth-order valence-electron chi connectivity index (χ4n) is 2.58. The summed E-state index contributed by atoms with van der Waals surface area (Å²) in [6.45, 7) is 2.12. The molecule has 0 atom stereocenters. The van der Waals surface area contributed by atoms with Crippen molar-refractivity contribution in [2.75, 3.05) is 13.7 Å². The van der Waals surface area contributed by atoms with Gasteiger partial charge in [0.05, 0.1) is 6.61 Å². The van der Waals surface area contributed by atoms with Gasteiger partial charge >= 0.3 is 6.61 Å². The van der Waals surface area contributed by atoms with Gasteiger partial charge in [-0.05, 0) is 31.0 Å². The number of benzene rings is 2. The van der Waals surface area contributed by atoms with Crippen molar-refractivity contribution in [3.63, 3.8) is 0 Å². The van der Waals surface area contributed by atoms with Crippen LogP contribution in [0.5, 0.6) is 11.5 Å². The number of halogens is 2. The Hall–Kier alpha value is -2.83. The first-order valence-corrected chi connectivity index (χ1v) is 8.73. The molecule has 146 valence electrons. The van der Waals surface area contributed by atoms with Crippen molar-refractivity contribution in [2.45, 2.75) is 33.5 Å². The van der Waals surface area contributed by atoms with Crippen molar-refractivity contribution in [1.29, 1.82) is 0 Å². The zero-order valence-corrected chi connectivity index (χ0v) is 15.8. The Labute approximate surface area is 158 Å². The van der Waals surface area contributed by atoms with E-state index in [2.05, 4.69) is 20.4 Å². The zero-order chi connectivity index (χ0) is 19.6. The highest BCUT2D eigenvalue weighted by Crippen LogP contribution is 2.32. The summed E-state index contributed by atoms with van der Waals surface area (Å²) in [6, 6.07) is 13.1. The number of nitrogens with one attached hydrogen (secondary N) is 2. The van der Waals surface area contributed by atoms with Crippen LogP contribution in [0, 0.1) is 6.92 Å². The molecular formula is C20H25F2N3O2. The number of ether oxygens (including phenoxy) is 2. The highest BCUT2D eigenvalue weighted by Gasteiger charge is 2.16. The summed E-state index contributed by atoms with van der Waals surface area (Å²) in [6.07, 6.45) is 0. The first-order chi connectivity index (χ1) is 13.0. The average molecular weight is 377 g/mol. The molecule has 0 heterocycles. The van der Waals surface area contributed by atoms with Gasteiger partial charge in [-0.2, -0.15) is 8.78 Å². The summed E-state index contributed by atoms with van der Waals surface area (Å²) >= 11 is 0. The van der Waals surface area contributed by atoms with Crippen LogP contribution in [-0.4, -0.2) is 26.2 Å². The van der Waals surface area contributed by atoms with Crippen molar-refractivity contribution >= 4 is 5.96 Å². The second-order valence-electron chi connectivity index (χ2n) is 5.76. The third-order valence-corrected chi connectivity index (χ3v) is 3.94. The van der Waals surface area contributed by atoms with Crippen LogP contribution in [0.4, 0.5) is 8.78 Å². The zero-order valence-electron chi connectivity index (χ0n) is 15.8. The number of nitrogens with zero attached hydrogens (tertiary/aromatic N) is 1. The molecule has 0 bridgehead atoms. The van der Waals surface area contributed by atoms with Gasteiger partial charge in [0, 0.05) is 25.7 Å². The van der Waals surface area contributed by atoms with Crippen LogP contribution in [0.1, 0.15) is 23.6 Å². The van der Waals surface area contributed by atoms with Gasteiger partial charge in [-0.1, -0.05) is 36.4 Å². The summed E-state index contributed by atoms with van der Waals surface area (Å²) in [5, 5.41) is 6.33. The van der Waals surface area contributed by atoms with E-state index < -0.39 is 6.61 Å². The summed E-state index contributed by atoms with van der Waals surface area (Å²) in [4.78, 5) is 4.17. The van der Waals surface area contributed by atoms with Gasteiger partial charge in [-0.25, -0.2) is 0 Å². The summed E-state index contributed by atoms with van der Waals surface area (Å²) < 4.78 is 35.7. The predicted molar refractivity (Wildman–Crippen MR) is 102 cm³/mol. The first-order valence-electron chi connectivity index (χ1n) is 8.73. The Kier molecular flexibility index (Phi) is 7.85. The molecule has 27 heavy (non-hydrogen) atoms. The molecule has 0 aromatic heterocycles. The highest BCUT2D eigenvalue weighted by atomic mass is 19.3. The lowest BCUT2D eigenvalue weighted by Gasteiger charge is -2.17. The summed E-state index contributed by atoms with van der Waals surface area (Å²) in [5.74, 6) is 0.888. The van der Waals surface area contributed by atoms with Crippen LogP contribution >= 0.6 is 0 Å². The minimum Gasteiger partial charge on any atom is -0.490 e. The Morgan fingerprint density at radius 2 is 1.70 bits per heavy atom. The minimum absolute atomic E-state index is 0.0382. The first kappa shape index (κ1) is 20.5. The molecule has 0 spiro atoms. The molecule has 2 aromatic carbocycles. The highest BCUT2D eigenvalue weighted by molar-refractivity contribution is 5.79. The molecule has 2 aromatic rings. The molecule has 0 saturated heterocycles. The number of aryl methyl sites for hydroxylation is 1. The van der Waals surface area contributed by atoms with Crippen molar-refractivity contribution < 1.29 is 18.3 Å². The van der Waals surface area contributed by atoms with Gasteiger partial charge in [0.1, 0.15) is 0 Å². The van der Waals surface area contributed by atoms with Gasteiger partial charge in [-0.15, -0.1) is 0 Å². The predicted octanol–water partition coefficient (Wildman–Crippen LogP) is 3.86. The van der Waals surface area contributed by atoms with E-state index in [-0.39, 0.29) is 12.3 Å². The van der Waals surface area contributed by atoms with Crippen LogP contribution in [0.3, 0.4) is 0 Å².